The molecule has 0 saturated carbocycles. The summed E-state index contributed by atoms with van der Waals surface area (Å²) >= 11 is 0.709. The van der Waals surface area contributed by atoms with E-state index in [1.54, 1.807) is 30.3 Å². The second kappa shape index (κ2) is 9.61. The van der Waals surface area contributed by atoms with Gasteiger partial charge in [-0.05, 0) is 5.56 Å². The monoisotopic (exact) mass is 443 g/mol. The largest absolute Gasteiger partial charge is 0.438 e. The van der Waals surface area contributed by atoms with Gasteiger partial charge in [0.25, 0.3) is 5.91 Å². The van der Waals surface area contributed by atoms with Gasteiger partial charge in [0, 0.05) is 31.9 Å². The quantitative estimate of drug-likeness (QED) is 0.719. The second-order valence-electron chi connectivity index (χ2n) is 6.37. The second-order valence-corrected chi connectivity index (χ2v) is 7.12. The summed E-state index contributed by atoms with van der Waals surface area (Å²) in [5.74, 6) is -1.86. The summed E-state index contributed by atoms with van der Waals surface area (Å²) in [7, 11) is 4.15. The highest BCUT2D eigenvalue weighted by molar-refractivity contribution is 7.08. The zero-order valence-corrected chi connectivity index (χ0v) is 17.1. The number of halogens is 3. The summed E-state index contributed by atoms with van der Waals surface area (Å²) in [5.41, 5.74) is -1.35. The molecule has 1 aromatic carbocycles. The van der Waals surface area contributed by atoms with Crippen LogP contribution in [0.15, 0.2) is 41.1 Å². The fourth-order valence-corrected chi connectivity index (χ4v) is 3.37. The summed E-state index contributed by atoms with van der Waals surface area (Å²) < 4.78 is 44.9. The molecule has 1 heterocycles. The number of alkyl halides is 3. The molecule has 162 valence electrons. The van der Waals surface area contributed by atoms with E-state index in [2.05, 4.69) is 10.6 Å². The molecule has 3 amide bonds. The van der Waals surface area contributed by atoms with Gasteiger partial charge in [0.1, 0.15) is 6.04 Å². The van der Waals surface area contributed by atoms with Gasteiger partial charge < -0.3 is 20.3 Å². The fourth-order valence-electron chi connectivity index (χ4n) is 2.53. The molecular formula is C19H20F3N3O4S. The van der Waals surface area contributed by atoms with Crippen molar-refractivity contribution in [2.45, 2.75) is 18.3 Å². The molecule has 2 rings (SSSR count). The number of nitrogens with zero attached hydrogens (tertiary/aromatic N) is 1. The normalized spacial score (nSPS) is 13.1. The lowest BCUT2D eigenvalue weighted by Crippen LogP contribution is -2.50. The third-order valence-corrected chi connectivity index (χ3v) is 4.79. The molecule has 0 aliphatic heterocycles. The first-order valence-corrected chi connectivity index (χ1v) is 9.59. The van der Waals surface area contributed by atoms with Crippen LogP contribution in [0.25, 0.3) is 0 Å². The molecule has 30 heavy (non-hydrogen) atoms. The average molecular weight is 443 g/mol. The van der Waals surface area contributed by atoms with E-state index in [-0.39, 0.29) is 0 Å². The summed E-state index contributed by atoms with van der Waals surface area (Å²) in [5, 5.41) is 6.47. The van der Waals surface area contributed by atoms with Gasteiger partial charge in [-0.3, -0.25) is 9.59 Å². The Morgan fingerprint density at radius 1 is 1.10 bits per heavy atom. The number of nitrogens with one attached hydrogen (secondary N) is 2. The minimum absolute atomic E-state index is 0.378. The maximum atomic E-state index is 13.2. The molecule has 0 saturated heterocycles. The Kier molecular flexibility index (Phi) is 7.43. The molecule has 0 aliphatic rings. The molecule has 0 aliphatic carbocycles. The molecule has 2 atom stereocenters. The predicted octanol–water partition coefficient (Wildman–Crippen LogP) is 3.05. The lowest BCUT2D eigenvalue weighted by atomic mass is 10.0. The van der Waals surface area contributed by atoms with Gasteiger partial charge in [0.2, 0.25) is 5.91 Å². The Morgan fingerprint density at radius 2 is 1.73 bits per heavy atom. The van der Waals surface area contributed by atoms with Crippen LogP contribution in [0.5, 0.6) is 0 Å². The van der Waals surface area contributed by atoms with Gasteiger partial charge >= 0.3 is 12.3 Å². The molecule has 2 aromatic rings. The Morgan fingerprint density at radius 3 is 2.27 bits per heavy atom. The van der Waals surface area contributed by atoms with Gasteiger partial charge in [-0.2, -0.15) is 24.5 Å². The highest BCUT2D eigenvalue weighted by Crippen LogP contribution is 2.34. The number of carbonyl (C=O) groups is 3. The summed E-state index contributed by atoms with van der Waals surface area (Å²) in [6.45, 7) is 0. The molecule has 0 fully saturated rings. The van der Waals surface area contributed by atoms with E-state index in [1.165, 1.54) is 21.1 Å². The highest BCUT2D eigenvalue weighted by atomic mass is 32.1. The smallest absolute Gasteiger partial charge is 0.417 e. The number of hydrogen-bond acceptors (Lipinski definition) is 5. The minimum Gasteiger partial charge on any atom is -0.438 e. The van der Waals surface area contributed by atoms with Crippen molar-refractivity contribution in [1.82, 2.24) is 15.5 Å². The molecule has 11 heteroatoms. The van der Waals surface area contributed by atoms with E-state index in [9.17, 15) is 27.6 Å². The van der Waals surface area contributed by atoms with Crippen molar-refractivity contribution in [2.75, 3.05) is 21.1 Å². The number of amides is 3. The zero-order chi connectivity index (χ0) is 22.5. The third-order valence-electron chi connectivity index (χ3n) is 4.05. The number of hydrogen-bond donors (Lipinski definition) is 2. The van der Waals surface area contributed by atoms with Crippen LogP contribution < -0.4 is 10.6 Å². The van der Waals surface area contributed by atoms with E-state index >= 15 is 0 Å². The average Bonchev–Trinajstić information content (AvgIpc) is 3.21. The highest BCUT2D eigenvalue weighted by Gasteiger charge is 2.39. The van der Waals surface area contributed by atoms with Crippen molar-refractivity contribution >= 4 is 29.2 Å². The van der Waals surface area contributed by atoms with Crippen molar-refractivity contribution in [3.05, 3.63) is 57.8 Å². The van der Waals surface area contributed by atoms with Gasteiger partial charge in [-0.1, -0.05) is 30.3 Å². The maximum absolute atomic E-state index is 13.2. The van der Waals surface area contributed by atoms with Crippen LogP contribution in [0.2, 0.25) is 0 Å². The fraction of sp³-hybridized carbons (Fsp3) is 0.316. The van der Waals surface area contributed by atoms with Crippen molar-refractivity contribution in [1.29, 1.82) is 0 Å². The van der Waals surface area contributed by atoms with Crippen molar-refractivity contribution in [3.63, 3.8) is 0 Å². The van der Waals surface area contributed by atoms with Crippen LogP contribution in [-0.4, -0.2) is 50.0 Å². The molecule has 0 spiro atoms. The standard InChI is InChI=1S/C19H20F3N3O4S/c1-23-17(27)14(24-16(26)12-9-30-10-13(12)19(20,21)22)15(29-18(28)25(2)3)11-7-5-4-6-8-11/h4-10,14-15H,1-3H3,(H,23,27)(H,24,26). The van der Waals surface area contributed by atoms with E-state index in [4.69, 9.17) is 4.74 Å². The number of benzene rings is 1. The van der Waals surface area contributed by atoms with Gasteiger partial charge in [-0.25, -0.2) is 4.79 Å². The third kappa shape index (κ3) is 5.50. The first kappa shape index (κ1) is 23.2. The predicted molar refractivity (Wildman–Crippen MR) is 104 cm³/mol. The van der Waals surface area contributed by atoms with Crippen LogP contribution in [-0.2, 0) is 15.7 Å². The first-order chi connectivity index (χ1) is 14.1. The molecule has 1 aromatic heterocycles. The van der Waals surface area contributed by atoms with Crippen molar-refractivity contribution in [3.8, 4) is 0 Å². The molecule has 0 radical (unpaired) electrons. The lowest BCUT2D eigenvalue weighted by molar-refractivity contribution is -0.137. The van der Waals surface area contributed by atoms with Crippen molar-refractivity contribution in [2.24, 2.45) is 0 Å². The number of thiophene rings is 1. The van der Waals surface area contributed by atoms with E-state index in [1.807, 2.05) is 0 Å². The van der Waals surface area contributed by atoms with Crippen LogP contribution in [0.4, 0.5) is 18.0 Å². The Balaban J connectivity index is 2.42. The zero-order valence-electron chi connectivity index (χ0n) is 16.3. The van der Waals surface area contributed by atoms with Crippen LogP contribution in [0, 0.1) is 0 Å². The summed E-state index contributed by atoms with van der Waals surface area (Å²) in [6, 6.07) is 6.63. The number of carbonyl (C=O) groups excluding carboxylic acids is 3. The summed E-state index contributed by atoms with van der Waals surface area (Å²) in [4.78, 5) is 38.4. The molecule has 2 N–H and O–H groups in total. The number of likely N-dealkylation sites (N-methyl/N-ethyl adjacent to an activating group) is 1. The Hall–Kier alpha value is -3.08. The number of ether oxygens (including phenoxy) is 1. The van der Waals surface area contributed by atoms with Crippen LogP contribution in [0.1, 0.15) is 27.6 Å². The topological polar surface area (TPSA) is 87.7 Å². The Labute approximate surface area is 174 Å². The first-order valence-electron chi connectivity index (χ1n) is 8.65. The lowest BCUT2D eigenvalue weighted by Gasteiger charge is -2.28. The number of rotatable bonds is 6. The molecule has 2 unspecified atom stereocenters. The molecular weight excluding hydrogens is 423 g/mol. The molecule has 0 bridgehead atoms. The molecule has 7 nitrogen and oxygen atoms in total. The van der Waals surface area contributed by atoms with Crippen molar-refractivity contribution < 1.29 is 32.3 Å². The van der Waals surface area contributed by atoms with E-state index in [0.29, 0.717) is 16.9 Å². The maximum Gasteiger partial charge on any atom is 0.417 e. The van der Waals surface area contributed by atoms with Gasteiger partial charge in [0.15, 0.2) is 6.10 Å². The Bertz CT molecular complexity index is 900. The van der Waals surface area contributed by atoms with E-state index < -0.39 is 47.4 Å². The summed E-state index contributed by atoms with van der Waals surface area (Å²) in [6.07, 6.45) is -6.80. The SMILES string of the molecule is CNC(=O)C(NC(=O)c1cscc1C(F)(F)F)C(OC(=O)N(C)C)c1ccccc1. The minimum atomic E-state index is -4.73. The van der Waals surface area contributed by atoms with Crippen LogP contribution in [0.3, 0.4) is 0 Å². The van der Waals surface area contributed by atoms with E-state index in [0.717, 1.165) is 15.7 Å². The van der Waals surface area contributed by atoms with Gasteiger partial charge in [0.05, 0.1) is 11.1 Å². The van der Waals surface area contributed by atoms with Crippen LogP contribution >= 0.6 is 11.3 Å². The van der Waals surface area contributed by atoms with Gasteiger partial charge in [-0.15, -0.1) is 0 Å².